The lowest BCUT2D eigenvalue weighted by molar-refractivity contribution is -0.384. The number of nitrogens with zero attached hydrogens (tertiary/aromatic N) is 3. The zero-order chi connectivity index (χ0) is 14.5. The van der Waals surface area contributed by atoms with E-state index in [0.717, 1.165) is 31.6 Å². The number of benzene rings is 1. The van der Waals surface area contributed by atoms with Gasteiger partial charge in [-0.15, -0.1) is 0 Å². The Labute approximate surface area is 115 Å². The lowest BCUT2D eigenvalue weighted by Crippen LogP contribution is -2.24. The van der Waals surface area contributed by atoms with Gasteiger partial charge in [0.05, 0.1) is 11.1 Å². The number of nitrogens with two attached hydrogens (primary N) is 1. The van der Waals surface area contributed by atoms with Gasteiger partial charge in [-0.3, -0.25) is 10.1 Å². The zero-order valence-electron chi connectivity index (χ0n) is 10.8. The fraction of sp³-hybridized carbons (Fsp3) is 0.333. The van der Waals surface area contributed by atoms with Gasteiger partial charge in [0.25, 0.3) is 5.69 Å². The largest absolute Gasteiger partial charge is 0.371 e. The SMILES string of the molecule is NC(=O)N/N=C\c1cc([N+](=O)[O-])ccc1N1CCCC1. The Morgan fingerprint density at radius 2 is 2.15 bits per heavy atom. The minimum atomic E-state index is -0.783. The van der Waals surface area contributed by atoms with Crippen molar-refractivity contribution in [3.8, 4) is 0 Å². The van der Waals surface area contributed by atoms with Crippen LogP contribution >= 0.6 is 0 Å². The smallest absolute Gasteiger partial charge is 0.332 e. The molecule has 1 fully saturated rings. The van der Waals surface area contributed by atoms with Gasteiger partial charge in [0.1, 0.15) is 0 Å². The van der Waals surface area contributed by atoms with Gasteiger partial charge in [0, 0.05) is 36.5 Å². The van der Waals surface area contributed by atoms with Gasteiger partial charge in [0.15, 0.2) is 0 Å². The number of hydrogen-bond donors (Lipinski definition) is 2. The number of rotatable bonds is 4. The van der Waals surface area contributed by atoms with Gasteiger partial charge < -0.3 is 10.6 Å². The number of nitro groups is 1. The van der Waals surface area contributed by atoms with E-state index in [-0.39, 0.29) is 5.69 Å². The molecule has 1 aromatic carbocycles. The number of primary amides is 1. The third kappa shape index (κ3) is 3.22. The number of anilines is 1. The number of amides is 2. The summed E-state index contributed by atoms with van der Waals surface area (Å²) in [5, 5.41) is 14.5. The Bertz CT molecular complexity index is 552. The average molecular weight is 277 g/mol. The van der Waals surface area contributed by atoms with Crippen molar-refractivity contribution in [1.29, 1.82) is 0 Å². The predicted octanol–water partition coefficient (Wildman–Crippen LogP) is 1.20. The van der Waals surface area contributed by atoms with Crippen LogP contribution in [-0.2, 0) is 0 Å². The third-order valence-electron chi connectivity index (χ3n) is 3.05. The van der Waals surface area contributed by atoms with E-state index in [1.807, 2.05) is 0 Å². The van der Waals surface area contributed by atoms with E-state index in [2.05, 4.69) is 15.4 Å². The Morgan fingerprint density at radius 3 is 2.75 bits per heavy atom. The maximum absolute atomic E-state index is 10.8. The molecule has 0 radical (unpaired) electrons. The maximum Gasteiger partial charge on any atom is 0.332 e. The first-order valence-electron chi connectivity index (χ1n) is 6.20. The molecule has 0 bridgehead atoms. The van der Waals surface area contributed by atoms with Crippen molar-refractivity contribution in [3.63, 3.8) is 0 Å². The first-order chi connectivity index (χ1) is 9.58. The summed E-state index contributed by atoms with van der Waals surface area (Å²) in [6.45, 7) is 1.81. The first-order valence-corrected chi connectivity index (χ1v) is 6.20. The van der Waals surface area contributed by atoms with E-state index in [4.69, 9.17) is 5.73 Å². The van der Waals surface area contributed by atoms with Crippen molar-refractivity contribution >= 4 is 23.6 Å². The molecule has 2 amide bonds. The molecule has 8 heteroatoms. The molecule has 2 rings (SSSR count). The molecule has 0 saturated carbocycles. The zero-order valence-corrected chi connectivity index (χ0v) is 10.8. The van der Waals surface area contributed by atoms with Crippen LogP contribution in [0, 0.1) is 10.1 Å². The standard InChI is InChI=1S/C12H15N5O3/c13-12(18)15-14-8-9-7-10(17(19)20)3-4-11(9)16-5-1-2-6-16/h3-4,7-8H,1-2,5-6H2,(H3,13,15,18)/b14-8-. The van der Waals surface area contributed by atoms with Gasteiger partial charge >= 0.3 is 6.03 Å². The normalized spacial score (nSPS) is 14.7. The van der Waals surface area contributed by atoms with Crippen LogP contribution in [0.1, 0.15) is 18.4 Å². The van der Waals surface area contributed by atoms with Crippen LogP contribution in [0.2, 0.25) is 0 Å². The summed E-state index contributed by atoms with van der Waals surface area (Å²) >= 11 is 0. The molecular formula is C12H15N5O3. The lowest BCUT2D eigenvalue weighted by atomic mass is 10.1. The van der Waals surface area contributed by atoms with Gasteiger partial charge in [0.2, 0.25) is 0 Å². The summed E-state index contributed by atoms with van der Waals surface area (Å²) in [6, 6.07) is 3.82. The molecule has 3 N–H and O–H groups in total. The second-order valence-electron chi connectivity index (χ2n) is 4.43. The number of hydrazone groups is 1. The molecule has 1 aromatic rings. The van der Waals surface area contributed by atoms with E-state index < -0.39 is 11.0 Å². The first kappa shape index (κ1) is 13.8. The highest BCUT2D eigenvalue weighted by molar-refractivity contribution is 5.90. The van der Waals surface area contributed by atoms with Crippen molar-refractivity contribution < 1.29 is 9.72 Å². The fourth-order valence-electron chi connectivity index (χ4n) is 2.17. The summed E-state index contributed by atoms with van der Waals surface area (Å²) in [4.78, 5) is 23.1. The molecule has 0 aliphatic carbocycles. The summed E-state index contributed by atoms with van der Waals surface area (Å²) in [6.07, 6.45) is 3.55. The minimum absolute atomic E-state index is 0.0199. The lowest BCUT2D eigenvalue weighted by Gasteiger charge is -2.19. The topological polar surface area (TPSA) is 114 Å². The van der Waals surface area contributed by atoms with Gasteiger partial charge in [-0.2, -0.15) is 5.10 Å². The molecule has 8 nitrogen and oxygen atoms in total. The summed E-state index contributed by atoms with van der Waals surface area (Å²) in [7, 11) is 0. The highest BCUT2D eigenvalue weighted by atomic mass is 16.6. The van der Waals surface area contributed by atoms with Crippen LogP contribution in [0.3, 0.4) is 0 Å². The van der Waals surface area contributed by atoms with E-state index in [1.165, 1.54) is 18.3 Å². The average Bonchev–Trinajstić information content (AvgIpc) is 2.91. The number of hydrogen-bond acceptors (Lipinski definition) is 5. The van der Waals surface area contributed by atoms with Crippen LogP contribution in [0.4, 0.5) is 16.2 Å². The van der Waals surface area contributed by atoms with E-state index in [9.17, 15) is 14.9 Å². The number of non-ortho nitro benzene ring substituents is 1. The third-order valence-corrected chi connectivity index (χ3v) is 3.05. The monoisotopic (exact) mass is 277 g/mol. The summed E-state index contributed by atoms with van der Waals surface area (Å²) < 4.78 is 0. The molecule has 0 aromatic heterocycles. The summed E-state index contributed by atoms with van der Waals surface area (Å²) in [5.74, 6) is 0. The number of carbonyl (C=O) groups is 1. The van der Waals surface area contributed by atoms with Crippen LogP contribution in [-0.4, -0.2) is 30.3 Å². The van der Waals surface area contributed by atoms with Crippen LogP contribution in [0.25, 0.3) is 0 Å². The molecule has 1 aliphatic rings. The number of urea groups is 1. The van der Waals surface area contributed by atoms with E-state index in [1.54, 1.807) is 6.07 Å². The molecule has 0 atom stereocenters. The Hall–Kier alpha value is -2.64. The number of nitrogens with one attached hydrogen (secondary N) is 1. The Morgan fingerprint density at radius 1 is 1.45 bits per heavy atom. The van der Waals surface area contributed by atoms with Gasteiger partial charge in [-0.05, 0) is 18.9 Å². The second-order valence-corrected chi connectivity index (χ2v) is 4.43. The summed E-state index contributed by atoms with van der Waals surface area (Å²) in [5.41, 5.74) is 8.42. The van der Waals surface area contributed by atoms with Gasteiger partial charge in [-0.25, -0.2) is 10.2 Å². The molecule has 1 saturated heterocycles. The fourth-order valence-corrected chi connectivity index (χ4v) is 2.17. The van der Waals surface area contributed by atoms with Crippen molar-refractivity contribution in [2.75, 3.05) is 18.0 Å². The highest BCUT2D eigenvalue weighted by Crippen LogP contribution is 2.27. The van der Waals surface area contributed by atoms with Crippen molar-refractivity contribution in [2.45, 2.75) is 12.8 Å². The predicted molar refractivity (Wildman–Crippen MR) is 74.9 cm³/mol. The van der Waals surface area contributed by atoms with Crippen LogP contribution in [0.15, 0.2) is 23.3 Å². The maximum atomic E-state index is 10.8. The minimum Gasteiger partial charge on any atom is -0.371 e. The van der Waals surface area contributed by atoms with Crippen molar-refractivity contribution in [3.05, 3.63) is 33.9 Å². The van der Waals surface area contributed by atoms with Crippen molar-refractivity contribution in [2.24, 2.45) is 10.8 Å². The van der Waals surface area contributed by atoms with E-state index in [0.29, 0.717) is 5.56 Å². The molecule has 106 valence electrons. The van der Waals surface area contributed by atoms with Gasteiger partial charge in [-0.1, -0.05) is 0 Å². The molecule has 20 heavy (non-hydrogen) atoms. The molecular weight excluding hydrogens is 262 g/mol. The Kier molecular flexibility index (Phi) is 4.14. The quantitative estimate of drug-likeness (QED) is 0.489. The number of carbonyl (C=O) groups excluding carboxylic acids is 1. The molecule has 0 unspecified atom stereocenters. The molecule has 1 heterocycles. The Balaban J connectivity index is 2.31. The van der Waals surface area contributed by atoms with Crippen LogP contribution in [0.5, 0.6) is 0 Å². The highest BCUT2D eigenvalue weighted by Gasteiger charge is 2.17. The van der Waals surface area contributed by atoms with Crippen molar-refractivity contribution in [1.82, 2.24) is 5.43 Å². The second kappa shape index (κ2) is 6.00. The van der Waals surface area contributed by atoms with E-state index >= 15 is 0 Å². The van der Waals surface area contributed by atoms with Crippen LogP contribution < -0.4 is 16.1 Å². The molecule has 1 aliphatic heterocycles. The number of nitro benzene ring substituents is 1. The molecule has 0 spiro atoms.